The van der Waals surface area contributed by atoms with Crippen LogP contribution in [0.1, 0.15) is 23.6 Å². The summed E-state index contributed by atoms with van der Waals surface area (Å²) < 4.78 is 38.1. The highest BCUT2D eigenvalue weighted by atomic mass is 35.5. The van der Waals surface area contributed by atoms with Crippen LogP contribution >= 0.6 is 24.0 Å². The van der Waals surface area contributed by atoms with Gasteiger partial charge in [-0.25, -0.2) is 0 Å². The second kappa shape index (κ2) is 6.44. The van der Waals surface area contributed by atoms with Crippen LogP contribution in [-0.4, -0.2) is 6.54 Å². The molecule has 98 valence electrons. The van der Waals surface area contributed by atoms with E-state index < -0.39 is 17.8 Å². The lowest BCUT2D eigenvalue weighted by molar-refractivity contribution is -0.138. The smallest absolute Gasteiger partial charge is 0.330 e. The third-order valence-corrected chi connectivity index (χ3v) is 2.54. The molecule has 2 nitrogen and oxygen atoms in total. The van der Waals surface area contributed by atoms with Crippen molar-refractivity contribution in [3.63, 3.8) is 0 Å². The van der Waals surface area contributed by atoms with Crippen molar-refractivity contribution in [3.8, 4) is 0 Å². The largest absolute Gasteiger partial charge is 0.416 e. The molecular formula is C10H13Cl2F3N2. The standard InChI is InChI=1S/C10H12ClF3N2.ClH/c11-7-3-1-2-6(10(12,13)14)9(7)8(16)4-5-15;/h1-3,8H,4-5,15-16H2;1H/t8-;/m0./s1. The number of nitrogens with two attached hydrogens (primary N) is 2. The lowest BCUT2D eigenvalue weighted by Gasteiger charge is -2.19. The van der Waals surface area contributed by atoms with Gasteiger partial charge < -0.3 is 11.5 Å². The number of rotatable bonds is 3. The molecule has 0 unspecified atom stereocenters. The van der Waals surface area contributed by atoms with Crippen LogP contribution in [-0.2, 0) is 6.18 Å². The first-order chi connectivity index (χ1) is 7.38. The summed E-state index contributed by atoms with van der Waals surface area (Å²) in [4.78, 5) is 0. The lowest BCUT2D eigenvalue weighted by atomic mass is 9.98. The van der Waals surface area contributed by atoms with E-state index in [-0.39, 0.29) is 36.0 Å². The average molecular weight is 289 g/mol. The van der Waals surface area contributed by atoms with E-state index >= 15 is 0 Å². The molecule has 17 heavy (non-hydrogen) atoms. The van der Waals surface area contributed by atoms with Gasteiger partial charge in [-0.3, -0.25) is 0 Å². The van der Waals surface area contributed by atoms with Gasteiger partial charge in [-0.2, -0.15) is 13.2 Å². The number of hydrogen-bond donors (Lipinski definition) is 2. The summed E-state index contributed by atoms with van der Waals surface area (Å²) >= 11 is 5.75. The maximum absolute atomic E-state index is 12.7. The molecule has 1 atom stereocenters. The van der Waals surface area contributed by atoms with Crippen molar-refractivity contribution in [1.82, 2.24) is 0 Å². The fourth-order valence-corrected chi connectivity index (χ4v) is 1.80. The molecule has 0 spiro atoms. The van der Waals surface area contributed by atoms with Crippen LogP contribution in [0.2, 0.25) is 5.02 Å². The molecule has 0 saturated heterocycles. The molecule has 0 fully saturated rings. The van der Waals surface area contributed by atoms with Crippen molar-refractivity contribution < 1.29 is 13.2 Å². The third kappa shape index (κ3) is 4.03. The van der Waals surface area contributed by atoms with E-state index in [9.17, 15) is 13.2 Å². The summed E-state index contributed by atoms with van der Waals surface area (Å²) in [6.07, 6.45) is -4.20. The first-order valence-corrected chi connectivity index (χ1v) is 5.07. The predicted octanol–water partition coefficient (Wildman–Crippen LogP) is 3.13. The van der Waals surface area contributed by atoms with Crippen molar-refractivity contribution in [2.24, 2.45) is 11.5 Å². The van der Waals surface area contributed by atoms with Gasteiger partial charge in [-0.15, -0.1) is 12.4 Å². The van der Waals surface area contributed by atoms with Gasteiger partial charge in [0.1, 0.15) is 0 Å². The average Bonchev–Trinajstić information content (AvgIpc) is 2.16. The minimum atomic E-state index is -4.45. The summed E-state index contributed by atoms with van der Waals surface area (Å²) in [6.45, 7) is 0.212. The quantitative estimate of drug-likeness (QED) is 0.898. The number of benzene rings is 1. The Morgan fingerprint density at radius 1 is 1.29 bits per heavy atom. The van der Waals surface area contributed by atoms with Crippen LogP contribution in [0, 0.1) is 0 Å². The fraction of sp³-hybridized carbons (Fsp3) is 0.400. The van der Waals surface area contributed by atoms with Gasteiger partial charge in [0.25, 0.3) is 0 Å². The summed E-state index contributed by atoms with van der Waals surface area (Å²) in [6, 6.07) is 2.82. The van der Waals surface area contributed by atoms with Gasteiger partial charge in [0.05, 0.1) is 5.56 Å². The highest BCUT2D eigenvalue weighted by Gasteiger charge is 2.35. The summed E-state index contributed by atoms with van der Waals surface area (Å²) in [5.41, 5.74) is 10.0. The molecule has 0 heterocycles. The topological polar surface area (TPSA) is 52.0 Å². The van der Waals surface area contributed by atoms with Crippen molar-refractivity contribution in [1.29, 1.82) is 0 Å². The van der Waals surface area contributed by atoms with Crippen molar-refractivity contribution in [2.75, 3.05) is 6.54 Å². The lowest BCUT2D eigenvalue weighted by Crippen LogP contribution is -2.20. The first kappa shape index (κ1) is 16.5. The highest BCUT2D eigenvalue weighted by molar-refractivity contribution is 6.31. The Labute approximate surface area is 109 Å². The Morgan fingerprint density at radius 2 is 1.88 bits per heavy atom. The zero-order valence-corrected chi connectivity index (χ0v) is 10.4. The van der Waals surface area contributed by atoms with E-state index in [2.05, 4.69) is 0 Å². The van der Waals surface area contributed by atoms with Crippen LogP contribution in [0.5, 0.6) is 0 Å². The maximum atomic E-state index is 12.7. The summed E-state index contributed by atoms with van der Waals surface area (Å²) in [7, 11) is 0. The fourth-order valence-electron chi connectivity index (χ4n) is 1.48. The normalized spacial score (nSPS) is 13.1. The Balaban J connectivity index is 0.00000256. The molecule has 0 aliphatic rings. The molecule has 1 aromatic rings. The van der Waals surface area contributed by atoms with Crippen molar-refractivity contribution in [2.45, 2.75) is 18.6 Å². The molecule has 7 heteroatoms. The SMILES string of the molecule is Cl.NCC[C@H](N)c1c(Cl)cccc1C(F)(F)F. The van der Waals surface area contributed by atoms with E-state index in [0.717, 1.165) is 6.07 Å². The van der Waals surface area contributed by atoms with Crippen LogP contribution in [0.4, 0.5) is 13.2 Å². The minimum absolute atomic E-state index is 0. The molecule has 0 amide bonds. The first-order valence-electron chi connectivity index (χ1n) is 4.69. The Morgan fingerprint density at radius 3 is 2.35 bits per heavy atom. The van der Waals surface area contributed by atoms with E-state index in [4.69, 9.17) is 23.1 Å². The summed E-state index contributed by atoms with van der Waals surface area (Å²) in [5.74, 6) is 0. The van der Waals surface area contributed by atoms with Gasteiger partial charge in [0.15, 0.2) is 0 Å². The Bertz CT molecular complexity index is 369. The van der Waals surface area contributed by atoms with Gasteiger partial charge in [-0.1, -0.05) is 17.7 Å². The zero-order chi connectivity index (χ0) is 12.3. The molecule has 0 radical (unpaired) electrons. The van der Waals surface area contributed by atoms with Gasteiger partial charge in [0, 0.05) is 11.1 Å². The zero-order valence-electron chi connectivity index (χ0n) is 8.80. The molecule has 4 N–H and O–H groups in total. The monoisotopic (exact) mass is 288 g/mol. The maximum Gasteiger partial charge on any atom is 0.416 e. The minimum Gasteiger partial charge on any atom is -0.330 e. The highest BCUT2D eigenvalue weighted by Crippen LogP contribution is 2.37. The molecule has 1 aromatic carbocycles. The predicted molar refractivity (Wildman–Crippen MR) is 64.3 cm³/mol. The molecule has 0 bridgehead atoms. The molecular weight excluding hydrogens is 276 g/mol. The van der Waals surface area contributed by atoms with Crippen LogP contribution in [0.25, 0.3) is 0 Å². The second-order valence-corrected chi connectivity index (χ2v) is 3.79. The van der Waals surface area contributed by atoms with E-state index in [1.165, 1.54) is 12.1 Å². The van der Waals surface area contributed by atoms with Crippen molar-refractivity contribution >= 4 is 24.0 Å². The molecule has 0 saturated carbocycles. The number of alkyl halides is 3. The molecule has 0 aromatic heterocycles. The Hall–Kier alpha value is -0.490. The third-order valence-electron chi connectivity index (χ3n) is 2.21. The molecule has 0 aliphatic carbocycles. The number of halogens is 5. The van der Waals surface area contributed by atoms with Crippen LogP contribution in [0.3, 0.4) is 0 Å². The van der Waals surface area contributed by atoms with E-state index in [1.54, 1.807) is 0 Å². The summed E-state index contributed by atoms with van der Waals surface area (Å²) in [5, 5.41) is 0.0239. The van der Waals surface area contributed by atoms with Crippen molar-refractivity contribution in [3.05, 3.63) is 34.3 Å². The second-order valence-electron chi connectivity index (χ2n) is 3.38. The van der Waals surface area contributed by atoms with Gasteiger partial charge in [0.2, 0.25) is 0 Å². The Kier molecular flexibility index (Phi) is 6.26. The van der Waals surface area contributed by atoms with E-state index in [0.29, 0.717) is 0 Å². The van der Waals surface area contributed by atoms with Gasteiger partial charge >= 0.3 is 6.18 Å². The molecule has 1 rings (SSSR count). The van der Waals surface area contributed by atoms with E-state index in [1.807, 2.05) is 0 Å². The van der Waals surface area contributed by atoms with Crippen LogP contribution in [0.15, 0.2) is 18.2 Å². The number of hydrogen-bond acceptors (Lipinski definition) is 2. The molecule has 0 aliphatic heterocycles. The van der Waals surface area contributed by atoms with Crippen LogP contribution < -0.4 is 11.5 Å². The van der Waals surface area contributed by atoms with Gasteiger partial charge in [-0.05, 0) is 30.7 Å².